The number of hydrogen-bond donors (Lipinski definition) is 0. The number of rotatable bonds is 9. The van der Waals surface area contributed by atoms with Crippen LogP contribution in [0.5, 0.6) is 0 Å². The minimum atomic E-state index is 0.0926. The van der Waals surface area contributed by atoms with Crippen molar-refractivity contribution < 1.29 is 4.57 Å². The van der Waals surface area contributed by atoms with E-state index in [0.717, 1.165) is 6.42 Å². The molecule has 0 saturated heterocycles. The summed E-state index contributed by atoms with van der Waals surface area (Å²) in [7, 11) is 0.0926. The van der Waals surface area contributed by atoms with E-state index in [2.05, 4.69) is 13.0 Å². The quantitative estimate of drug-likeness (QED) is 0.295. The molecule has 0 aliphatic carbocycles. The third-order valence-corrected chi connectivity index (χ3v) is 2.41. The molecule has 1 nitrogen and oxygen atoms in total. The Bertz CT molecular complexity index is 173. The van der Waals surface area contributed by atoms with Gasteiger partial charge in [0.2, 0.25) is 0 Å². The number of hydrogen-bond acceptors (Lipinski definition) is 1. The summed E-state index contributed by atoms with van der Waals surface area (Å²) in [5.74, 6) is 1.61. The second-order valence-electron chi connectivity index (χ2n) is 3.43. The second-order valence-corrected chi connectivity index (χ2v) is 3.94. The molecule has 0 aliphatic heterocycles. The molecule has 14 heavy (non-hydrogen) atoms. The zero-order valence-electron chi connectivity index (χ0n) is 9.11. The predicted octanol–water partition coefficient (Wildman–Crippen LogP) is 5.10. The molecule has 0 saturated carbocycles. The Hall–Kier alpha value is -0.420. The van der Waals surface area contributed by atoms with Gasteiger partial charge in [-0.25, -0.2) is 0 Å². The van der Waals surface area contributed by atoms with E-state index in [9.17, 15) is 4.57 Å². The second kappa shape index (κ2) is 12.6. The summed E-state index contributed by atoms with van der Waals surface area (Å²) < 4.78 is 10.0. The van der Waals surface area contributed by atoms with Gasteiger partial charge in [0.25, 0.3) is 0 Å². The Kier molecular flexibility index (Phi) is 12.2. The number of allylic oxidation sites excluding steroid dienone is 3. The van der Waals surface area contributed by atoms with E-state index in [0.29, 0.717) is 0 Å². The smallest absolute Gasteiger partial charge is 0.184 e. The first kappa shape index (κ1) is 13.6. The molecule has 0 radical (unpaired) electrons. The lowest BCUT2D eigenvalue weighted by atomic mass is 10.1. The average Bonchev–Trinajstić information content (AvgIpc) is 2.21. The highest BCUT2D eigenvalue weighted by molar-refractivity contribution is 7.27. The fraction of sp³-hybridized carbons (Fsp3) is 0.667. The Morgan fingerprint density at radius 3 is 2.43 bits per heavy atom. The van der Waals surface area contributed by atoms with Gasteiger partial charge >= 0.3 is 0 Å². The van der Waals surface area contributed by atoms with Crippen LogP contribution < -0.4 is 0 Å². The van der Waals surface area contributed by atoms with Crippen LogP contribution in [0.1, 0.15) is 51.9 Å². The van der Waals surface area contributed by atoms with Crippen molar-refractivity contribution >= 4 is 8.46 Å². The third kappa shape index (κ3) is 11.6. The summed E-state index contributed by atoms with van der Waals surface area (Å²) in [5.41, 5.74) is 0. The lowest BCUT2D eigenvalue weighted by Crippen LogP contribution is -1.77. The monoisotopic (exact) mass is 212 g/mol. The van der Waals surface area contributed by atoms with Gasteiger partial charge in [0.1, 0.15) is 0 Å². The molecule has 2 heteroatoms. The largest absolute Gasteiger partial charge is 0.270 e. The molecule has 0 rings (SSSR count). The molecule has 0 unspecified atom stereocenters. The molecule has 0 heterocycles. The van der Waals surface area contributed by atoms with Crippen LogP contribution in [0.15, 0.2) is 24.0 Å². The highest BCUT2D eigenvalue weighted by Crippen LogP contribution is 2.07. The lowest BCUT2D eigenvalue weighted by Gasteiger charge is -1.96. The van der Waals surface area contributed by atoms with E-state index < -0.39 is 0 Å². The maximum atomic E-state index is 10.0. The van der Waals surface area contributed by atoms with Crippen molar-refractivity contribution in [2.75, 3.05) is 0 Å². The zero-order chi connectivity index (χ0) is 10.5. The fourth-order valence-electron chi connectivity index (χ4n) is 1.30. The first-order valence-corrected chi connectivity index (χ1v) is 6.44. The molecule has 0 bridgehead atoms. The average molecular weight is 212 g/mol. The maximum absolute atomic E-state index is 10.0. The van der Waals surface area contributed by atoms with Crippen LogP contribution >= 0.6 is 8.46 Å². The van der Waals surface area contributed by atoms with Crippen molar-refractivity contribution in [3.8, 4) is 0 Å². The summed E-state index contributed by atoms with van der Waals surface area (Å²) >= 11 is 0. The van der Waals surface area contributed by atoms with Crippen molar-refractivity contribution in [3.63, 3.8) is 0 Å². The zero-order valence-corrected chi connectivity index (χ0v) is 10.0. The van der Waals surface area contributed by atoms with Crippen LogP contribution in [0.2, 0.25) is 0 Å². The van der Waals surface area contributed by atoms with Gasteiger partial charge in [-0.1, -0.05) is 57.3 Å². The SMILES string of the molecule is CCCCCCCCC=CC=CP=O. The topological polar surface area (TPSA) is 17.1 Å². The summed E-state index contributed by atoms with van der Waals surface area (Å²) in [6.07, 6.45) is 15.2. The van der Waals surface area contributed by atoms with Crippen molar-refractivity contribution in [2.45, 2.75) is 51.9 Å². The van der Waals surface area contributed by atoms with Crippen LogP contribution in [0.3, 0.4) is 0 Å². The number of unbranched alkanes of at least 4 members (excludes halogenated alkanes) is 6. The molecule has 80 valence electrons. The van der Waals surface area contributed by atoms with E-state index in [1.54, 1.807) is 5.82 Å². The molecule has 0 aromatic rings. The van der Waals surface area contributed by atoms with Crippen LogP contribution in [0, 0.1) is 0 Å². The Labute approximate surface area is 89.5 Å². The Morgan fingerprint density at radius 2 is 1.71 bits per heavy atom. The summed E-state index contributed by atoms with van der Waals surface area (Å²) in [6.45, 7) is 2.24. The van der Waals surface area contributed by atoms with Gasteiger partial charge < -0.3 is 0 Å². The highest BCUT2D eigenvalue weighted by atomic mass is 31.1. The third-order valence-electron chi connectivity index (χ3n) is 2.12. The Morgan fingerprint density at radius 1 is 1.00 bits per heavy atom. The first-order chi connectivity index (χ1) is 6.91. The molecule has 0 spiro atoms. The molecule has 0 amide bonds. The van der Waals surface area contributed by atoms with Gasteiger partial charge in [0.15, 0.2) is 8.46 Å². The van der Waals surface area contributed by atoms with Gasteiger partial charge in [-0.05, 0) is 12.8 Å². The lowest BCUT2D eigenvalue weighted by molar-refractivity contribution is 0.603. The van der Waals surface area contributed by atoms with Crippen molar-refractivity contribution in [3.05, 3.63) is 24.0 Å². The molecular weight excluding hydrogens is 191 g/mol. The molecule has 0 aromatic carbocycles. The van der Waals surface area contributed by atoms with Crippen molar-refractivity contribution in [1.29, 1.82) is 0 Å². The van der Waals surface area contributed by atoms with E-state index in [4.69, 9.17) is 0 Å². The van der Waals surface area contributed by atoms with Gasteiger partial charge in [-0.15, -0.1) is 0 Å². The summed E-state index contributed by atoms with van der Waals surface area (Å²) in [5, 5.41) is 0. The first-order valence-electron chi connectivity index (χ1n) is 5.56. The van der Waals surface area contributed by atoms with E-state index in [1.807, 2.05) is 12.2 Å². The minimum Gasteiger partial charge on any atom is -0.270 e. The standard InChI is InChI=1S/C12H21OP/c1-2-3-4-5-6-7-8-9-10-11-12-14-13/h9-12H,2-8H2,1H3. The van der Waals surface area contributed by atoms with E-state index in [1.165, 1.54) is 38.5 Å². The summed E-state index contributed by atoms with van der Waals surface area (Å²) in [6, 6.07) is 0. The predicted molar refractivity (Wildman–Crippen MR) is 63.9 cm³/mol. The normalized spacial score (nSPS) is 12.1. The van der Waals surface area contributed by atoms with Gasteiger partial charge in [0.05, 0.1) is 0 Å². The fourth-order valence-corrected chi connectivity index (χ4v) is 1.47. The Balaban J connectivity index is 3.08. The van der Waals surface area contributed by atoms with Crippen molar-refractivity contribution in [2.24, 2.45) is 0 Å². The van der Waals surface area contributed by atoms with Gasteiger partial charge in [-0.2, -0.15) is 0 Å². The summed E-state index contributed by atoms with van der Waals surface area (Å²) in [4.78, 5) is 0. The molecule has 0 aromatic heterocycles. The molecule has 0 aliphatic rings. The van der Waals surface area contributed by atoms with Crippen LogP contribution in [-0.4, -0.2) is 0 Å². The van der Waals surface area contributed by atoms with Crippen LogP contribution in [0.25, 0.3) is 0 Å². The van der Waals surface area contributed by atoms with Crippen molar-refractivity contribution in [1.82, 2.24) is 0 Å². The highest BCUT2D eigenvalue weighted by Gasteiger charge is 1.87. The van der Waals surface area contributed by atoms with Crippen LogP contribution in [0.4, 0.5) is 0 Å². The molecule has 0 N–H and O–H groups in total. The van der Waals surface area contributed by atoms with Gasteiger partial charge in [-0.3, -0.25) is 4.57 Å². The maximum Gasteiger partial charge on any atom is 0.184 e. The van der Waals surface area contributed by atoms with Crippen LogP contribution in [-0.2, 0) is 4.57 Å². The van der Waals surface area contributed by atoms with Gasteiger partial charge in [0, 0.05) is 5.82 Å². The molecule has 0 fully saturated rings. The van der Waals surface area contributed by atoms with E-state index in [-0.39, 0.29) is 8.46 Å². The minimum absolute atomic E-state index is 0.0926. The van der Waals surface area contributed by atoms with E-state index >= 15 is 0 Å². The molecular formula is C12H21OP. The molecule has 0 atom stereocenters.